The van der Waals surface area contributed by atoms with Crippen molar-refractivity contribution >= 4 is 11.8 Å². The number of unbranched alkanes of at least 4 members (excludes halogenated alkanes) is 2. The normalized spacial score (nSPS) is 19.7. The number of rotatable bonds is 5. The number of hydrogen-bond donors (Lipinski definition) is 2. The van der Waals surface area contributed by atoms with Crippen LogP contribution in [-0.4, -0.2) is 48.1 Å². The summed E-state index contributed by atoms with van der Waals surface area (Å²) in [6.07, 6.45) is 4.53. The molecule has 2 N–H and O–H groups in total. The van der Waals surface area contributed by atoms with E-state index < -0.39 is 11.8 Å². The Morgan fingerprint density at radius 1 is 1.33 bits per heavy atom. The molecule has 5 heteroatoms. The predicted octanol–water partition coefficient (Wildman–Crippen LogP) is 0.524. The molecule has 1 atom stereocenters. The van der Waals surface area contributed by atoms with Gasteiger partial charge < -0.3 is 15.3 Å². The Labute approximate surface area is 109 Å². The highest BCUT2D eigenvalue weighted by Gasteiger charge is 2.25. The fraction of sp³-hybridized carbons (Fsp3) is 0.846. The van der Waals surface area contributed by atoms with Gasteiger partial charge in [0, 0.05) is 26.2 Å². The minimum atomic E-state index is -0.493. The maximum Gasteiger partial charge on any atom is 0.311 e. The van der Waals surface area contributed by atoms with Gasteiger partial charge in [0.1, 0.15) is 0 Å². The van der Waals surface area contributed by atoms with E-state index in [2.05, 4.69) is 12.2 Å². The fourth-order valence-electron chi connectivity index (χ4n) is 2.21. The molecule has 18 heavy (non-hydrogen) atoms. The molecule has 104 valence electrons. The summed E-state index contributed by atoms with van der Waals surface area (Å²) in [5.74, 6) is -0.406. The summed E-state index contributed by atoms with van der Waals surface area (Å²) in [7, 11) is 0. The SMILES string of the molecule is CC1CCCN(C(=O)C(=O)NCCCCCO)C1. The third kappa shape index (κ3) is 5.04. The number of carbonyl (C=O) groups is 2. The van der Waals surface area contributed by atoms with Crippen molar-refractivity contribution in [1.82, 2.24) is 10.2 Å². The third-order valence-corrected chi connectivity index (χ3v) is 3.26. The van der Waals surface area contributed by atoms with Crippen LogP contribution >= 0.6 is 0 Å². The Balaban J connectivity index is 2.21. The van der Waals surface area contributed by atoms with E-state index in [1.807, 2.05) is 0 Å². The van der Waals surface area contributed by atoms with E-state index in [-0.39, 0.29) is 6.61 Å². The number of nitrogens with zero attached hydrogens (tertiary/aromatic N) is 1. The monoisotopic (exact) mass is 256 g/mol. The second-order valence-electron chi connectivity index (χ2n) is 5.04. The fourth-order valence-corrected chi connectivity index (χ4v) is 2.21. The Kier molecular flexibility index (Phi) is 6.72. The summed E-state index contributed by atoms with van der Waals surface area (Å²) in [6, 6.07) is 0. The molecule has 1 saturated heterocycles. The Bertz CT molecular complexity index is 281. The van der Waals surface area contributed by atoms with Crippen molar-refractivity contribution in [3.63, 3.8) is 0 Å². The molecule has 1 aliphatic rings. The van der Waals surface area contributed by atoms with Crippen LogP contribution in [0.4, 0.5) is 0 Å². The molecule has 5 nitrogen and oxygen atoms in total. The van der Waals surface area contributed by atoms with Gasteiger partial charge in [-0.15, -0.1) is 0 Å². The number of hydrogen-bond acceptors (Lipinski definition) is 3. The summed E-state index contributed by atoms with van der Waals surface area (Å²) in [5, 5.41) is 11.3. The van der Waals surface area contributed by atoms with Crippen molar-refractivity contribution in [3.05, 3.63) is 0 Å². The zero-order valence-corrected chi connectivity index (χ0v) is 11.2. The molecule has 0 spiro atoms. The lowest BCUT2D eigenvalue weighted by Crippen LogP contribution is -2.47. The standard InChI is InChI=1S/C13H24N2O3/c1-11-6-5-8-15(10-11)13(18)12(17)14-7-3-2-4-9-16/h11,16H,2-10H2,1H3,(H,14,17). The maximum absolute atomic E-state index is 11.8. The number of aliphatic hydroxyl groups is 1. The van der Waals surface area contributed by atoms with E-state index in [4.69, 9.17) is 5.11 Å². The number of amides is 2. The van der Waals surface area contributed by atoms with Crippen LogP contribution in [0.25, 0.3) is 0 Å². The van der Waals surface area contributed by atoms with E-state index in [0.29, 0.717) is 25.6 Å². The second kappa shape index (κ2) is 8.08. The van der Waals surface area contributed by atoms with Crippen LogP contribution in [-0.2, 0) is 9.59 Å². The van der Waals surface area contributed by atoms with Crippen molar-refractivity contribution in [2.75, 3.05) is 26.2 Å². The van der Waals surface area contributed by atoms with Crippen LogP contribution in [0, 0.1) is 5.92 Å². The van der Waals surface area contributed by atoms with Crippen LogP contribution in [0.3, 0.4) is 0 Å². The number of likely N-dealkylation sites (tertiary alicyclic amines) is 1. The molecule has 1 fully saturated rings. The smallest absolute Gasteiger partial charge is 0.311 e. The first-order valence-electron chi connectivity index (χ1n) is 6.83. The molecule has 0 aliphatic carbocycles. The van der Waals surface area contributed by atoms with Crippen molar-refractivity contribution in [3.8, 4) is 0 Å². The second-order valence-corrected chi connectivity index (χ2v) is 5.04. The average Bonchev–Trinajstić information content (AvgIpc) is 2.37. The summed E-state index contributed by atoms with van der Waals surface area (Å²) in [4.78, 5) is 25.1. The molecule has 1 unspecified atom stereocenters. The molecule has 1 heterocycles. The lowest BCUT2D eigenvalue weighted by molar-refractivity contribution is -0.146. The molecule has 1 rings (SSSR count). The average molecular weight is 256 g/mol. The largest absolute Gasteiger partial charge is 0.396 e. The van der Waals surface area contributed by atoms with Crippen molar-refractivity contribution in [1.29, 1.82) is 0 Å². The van der Waals surface area contributed by atoms with Gasteiger partial charge in [-0.25, -0.2) is 0 Å². The van der Waals surface area contributed by atoms with Crippen molar-refractivity contribution in [2.45, 2.75) is 39.0 Å². The highest BCUT2D eigenvalue weighted by Crippen LogP contribution is 2.15. The lowest BCUT2D eigenvalue weighted by atomic mass is 10.0. The zero-order valence-electron chi connectivity index (χ0n) is 11.2. The van der Waals surface area contributed by atoms with Gasteiger partial charge in [0.05, 0.1) is 0 Å². The predicted molar refractivity (Wildman–Crippen MR) is 68.9 cm³/mol. The van der Waals surface area contributed by atoms with Crippen LogP contribution in [0.1, 0.15) is 39.0 Å². The first-order valence-corrected chi connectivity index (χ1v) is 6.83. The number of carbonyl (C=O) groups excluding carboxylic acids is 2. The number of nitrogens with one attached hydrogen (secondary N) is 1. The molecule has 2 amide bonds. The van der Waals surface area contributed by atoms with Gasteiger partial charge >= 0.3 is 11.8 Å². The van der Waals surface area contributed by atoms with Crippen molar-refractivity contribution in [2.24, 2.45) is 5.92 Å². The van der Waals surface area contributed by atoms with E-state index in [0.717, 1.165) is 32.1 Å². The molecular weight excluding hydrogens is 232 g/mol. The third-order valence-electron chi connectivity index (χ3n) is 3.26. The van der Waals surface area contributed by atoms with E-state index in [9.17, 15) is 9.59 Å². The van der Waals surface area contributed by atoms with Gasteiger partial charge in [0.15, 0.2) is 0 Å². The number of aliphatic hydroxyl groups excluding tert-OH is 1. The minimum absolute atomic E-state index is 0.179. The lowest BCUT2D eigenvalue weighted by Gasteiger charge is -2.30. The Morgan fingerprint density at radius 2 is 2.11 bits per heavy atom. The highest BCUT2D eigenvalue weighted by molar-refractivity contribution is 6.35. The molecule has 0 aromatic rings. The van der Waals surface area contributed by atoms with E-state index in [1.165, 1.54) is 0 Å². The van der Waals surface area contributed by atoms with E-state index >= 15 is 0 Å². The Hall–Kier alpha value is -1.10. The minimum Gasteiger partial charge on any atom is -0.396 e. The summed E-state index contributed by atoms with van der Waals surface area (Å²) in [5.41, 5.74) is 0. The van der Waals surface area contributed by atoms with Crippen molar-refractivity contribution < 1.29 is 14.7 Å². The summed E-state index contributed by atoms with van der Waals surface area (Å²) < 4.78 is 0. The maximum atomic E-state index is 11.8. The van der Waals surface area contributed by atoms with Gasteiger partial charge in [-0.05, 0) is 38.0 Å². The van der Waals surface area contributed by atoms with E-state index in [1.54, 1.807) is 4.90 Å². The van der Waals surface area contributed by atoms with Crippen LogP contribution in [0.15, 0.2) is 0 Å². The van der Waals surface area contributed by atoms with Crippen LogP contribution in [0.2, 0.25) is 0 Å². The quantitative estimate of drug-likeness (QED) is 0.556. The zero-order chi connectivity index (χ0) is 13.4. The van der Waals surface area contributed by atoms with Gasteiger partial charge in [-0.1, -0.05) is 6.92 Å². The first kappa shape index (κ1) is 15.0. The Morgan fingerprint density at radius 3 is 2.78 bits per heavy atom. The van der Waals surface area contributed by atoms with Gasteiger partial charge in [0.2, 0.25) is 0 Å². The molecular formula is C13H24N2O3. The molecule has 0 aromatic carbocycles. The van der Waals surface area contributed by atoms with Gasteiger partial charge in [-0.3, -0.25) is 9.59 Å². The van der Waals surface area contributed by atoms with Crippen LogP contribution < -0.4 is 5.32 Å². The summed E-state index contributed by atoms with van der Waals surface area (Å²) in [6.45, 7) is 4.18. The molecule has 0 bridgehead atoms. The highest BCUT2D eigenvalue weighted by atomic mass is 16.3. The van der Waals surface area contributed by atoms with Gasteiger partial charge in [-0.2, -0.15) is 0 Å². The molecule has 0 radical (unpaired) electrons. The molecule has 0 saturated carbocycles. The first-order chi connectivity index (χ1) is 8.65. The topological polar surface area (TPSA) is 69.6 Å². The van der Waals surface area contributed by atoms with Crippen LogP contribution in [0.5, 0.6) is 0 Å². The summed E-state index contributed by atoms with van der Waals surface area (Å²) >= 11 is 0. The molecule has 0 aromatic heterocycles. The van der Waals surface area contributed by atoms with Gasteiger partial charge in [0.25, 0.3) is 0 Å². The molecule has 1 aliphatic heterocycles. The number of piperidine rings is 1.